The average molecular weight is 512 g/mol. The molecule has 0 saturated heterocycles. The summed E-state index contributed by atoms with van der Waals surface area (Å²) >= 11 is 0. The summed E-state index contributed by atoms with van der Waals surface area (Å²) in [5.74, 6) is 1.47. The number of nitrogens with zero attached hydrogens (tertiary/aromatic N) is 1. The number of ether oxygens (including phenoxy) is 2. The van der Waals surface area contributed by atoms with Crippen LogP contribution in [0.25, 0.3) is 43.9 Å². The van der Waals surface area contributed by atoms with Gasteiger partial charge in [-0.1, -0.05) is 54.6 Å². The molecule has 0 amide bonds. The van der Waals surface area contributed by atoms with Gasteiger partial charge in [-0.3, -0.25) is 4.57 Å². The van der Waals surface area contributed by atoms with Crippen LogP contribution < -0.4 is 14.9 Å². The van der Waals surface area contributed by atoms with Crippen LogP contribution in [-0.4, -0.2) is 25.0 Å². The van der Waals surface area contributed by atoms with Gasteiger partial charge >= 0.3 is 7.60 Å². The van der Waals surface area contributed by atoms with Crippen LogP contribution in [0.5, 0.6) is 11.5 Å². The van der Waals surface area contributed by atoms with Crippen molar-refractivity contribution in [1.29, 1.82) is 0 Å². The molecule has 0 fully saturated rings. The first kappa shape index (κ1) is 23.7. The van der Waals surface area contributed by atoms with Crippen LogP contribution >= 0.6 is 7.60 Å². The number of benzene rings is 4. The van der Waals surface area contributed by atoms with E-state index in [9.17, 15) is 4.57 Å². The van der Waals surface area contributed by atoms with Crippen molar-refractivity contribution in [2.24, 2.45) is 0 Å². The van der Waals surface area contributed by atoms with E-state index >= 15 is 0 Å². The van der Waals surface area contributed by atoms with Gasteiger partial charge in [-0.15, -0.1) is 0 Å². The van der Waals surface area contributed by atoms with Gasteiger partial charge in [0.15, 0.2) is 16.9 Å². The minimum Gasteiger partial charge on any atom is -0.454 e. The summed E-state index contributed by atoms with van der Waals surface area (Å²) in [5, 5.41) is 3.16. The number of hydrogen-bond donors (Lipinski definition) is 0. The predicted octanol–water partition coefficient (Wildman–Crippen LogP) is 7.34. The highest BCUT2D eigenvalue weighted by molar-refractivity contribution is 7.61. The van der Waals surface area contributed by atoms with Crippen LogP contribution in [0.3, 0.4) is 0 Å². The fourth-order valence-electron chi connectivity index (χ4n) is 4.80. The summed E-state index contributed by atoms with van der Waals surface area (Å²) in [4.78, 5) is 4.90. The maximum atomic E-state index is 13.6. The van der Waals surface area contributed by atoms with E-state index in [0.29, 0.717) is 5.44 Å². The van der Waals surface area contributed by atoms with E-state index in [1.807, 2.05) is 42.5 Å². The first-order valence-electron chi connectivity index (χ1n) is 12.3. The Morgan fingerprint density at radius 2 is 1.54 bits per heavy atom. The third kappa shape index (κ3) is 4.27. The van der Waals surface area contributed by atoms with E-state index in [4.69, 9.17) is 23.5 Å². The predicted molar refractivity (Wildman–Crippen MR) is 147 cm³/mol. The van der Waals surface area contributed by atoms with Gasteiger partial charge in [-0.2, -0.15) is 0 Å². The Morgan fingerprint density at radius 3 is 2.38 bits per heavy atom. The van der Waals surface area contributed by atoms with E-state index in [0.717, 1.165) is 55.4 Å². The van der Waals surface area contributed by atoms with Gasteiger partial charge in [0, 0.05) is 10.9 Å². The molecule has 2 heterocycles. The van der Waals surface area contributed by atoms with E-state index in [1.54, 1.807) is 19.9 Å². The van der Waals surface area contributed by atoms with Crippen LogP contribution in [0.15, 0.2) is 84.9 Å². The molecular formula is C30H26NO5P. The summed E-state index contributed by atoms with van der Waals surface area (Å²) in [6.45, 7) is 4.34. The zero-order valence-electron chi connectivity index (χ0n) is 20.6. The molecule has 37 heavy (non-hydrogen) atoms. The molecule has 7 heteroatoms. The highest BCUT2D eigenvalue weighted by atomic mass is 31.2. The zero-order valence-corrected chi connectivity index (χ0v) is 21.5. The topological polar surface area (TPSA) is 66.9 Å². The standard InChI is InChI=1S/C30H26NO5P/c1-3-35-37(32,36-4-2)29-15-13-22-16-23(21-12-14-27-28(18-21)34-19-33-27)17-26(30(22)31-29)25-11-7-9-20-8-5-6-10-24(20)25/h5-18H,3-4,19H2,1-2H3. The summed E-state index contributed by atoms with van der Waals surface area (Å²) in [5.41, 5.74) is 5.03. The van der Waals surface area contributed by atoms with Crippen molar-refractivity contribution in [3.05, 3.63) is 84.9 Å². The maximum absolute atomic E-state index is 13.6. The Morgan fingerprint density at radius 1 is 0.757 bits per heavy atom. The Hall–Kier alpha value is -3.70. The number of aromatic nitrogens is 1. The number of hydrogen-bond acceptors (Lipinski definition) is 6. The van der Waals surface area contributed by atoms with Crippen molar-refractivity contribution in [3.8, 4) is 33.8 Å². The molecule has 0 spiro atoms. The second-order valence-corrected chi connectivity index (χ2v) is 10.7. The molecule has 0 aliphatic carbocycles. The third-order valence-corrected chi connectivity index (χ3v) is 8.45. The Kier molecular flexibility index (Phi) is 6.17. The SMILES string of the molecule is CCOP(=O)(OCC)c1ccc2cc(-c3ccc4c(c3)OCO4)cc(-c3cccc4ccccc34)c2n1. The smallest absolute Gasteiger partial charge is 0.379 e. The van der Waals surface area contributed by atoms with Gasteiger partial charge in [-0.05, 0) is 71.6 Å². The van der Waals surface area contributed by atoms with Crippen molar-refractivity contribution in [1.82, 2.24) is 4.98 Å². The summed E-state index contributed by atoms with van der Waals surface area (Å²) < 4.78 is 35.9. The largest absolute Gasteiger partial charge is 0.454 e. The van der Waals surface area contributed by atoms with E-state index in [2.05, 4.69) is 36.4 Å². The molecule has 0 atom stereocenters. The number of pyridine rings is 1. The Labute approximate surface area is 215 Å². The number of rotatable bonds is 7. The molecule has 6 rings (SSSR count). The van der Waals surface area contributed by atoms with Gasteiger partial charge in [-0.25, -0.2) is 4.98 Å². The zero-order chi connectivity index (χ0) is 25.4. The highest BCUT2D eigenvalue weighted by Gasteiger charge is 2.29. The minimum absolute atomic E-state index is 0.226. The lowest BCUT2D eigenvalue weighted by molar-refractivity contribution is 0.174. The molecule has 0 N–H and O–H groups in total. The number of fused-ring (bicyclic) bond motifs is 3. The van der Waals surface area contributed by atoms with E-state index in [-0.39, 0.29) is 20.0 Å². The molecule has 5 aromatic rings. The lowest BCUT2D eigenvalue weighted by Gasteiger charge is -2.18. The first-order chi connectivity index (χ1) is 18.1. The third-order valence-electron chi connectivity index (χ3n) is 6.44. The molecule has 1 aromatic heterocycles. The summed E-state index contributed by atoms with van der Waals surface area (Å²) in [7, 11) is -3.56. The van der Waals surface area contributed by atoms with Crippen molar-refractivity contribution in [2.45, 2.75) is 13.8 Å². The van der Waals surface area contributed by atoms with Gasteiger partial charge in [0.05, 0.1) is 18.7 Å². The van der Waals surface area contributed by atoms with Crippen LogP contribution in [0.4, 0.5) is 0 Å². The molecule has 0 radical (unpaired) electrons. The normalized spacial score (nSPS) is 12.9. The maximum Gasteiger partial charge on any atom is 0.379 e. The van der Waals surface area contributed by atoms with Gasteiger partial charge in [0.25, 0.3) is 0 Å². The fraction of sp³-hybridized carbons (Fsp3) is 0.167. The molecule has 6 nitrogen and oxygen atoms in total. The average Bonchev–Trinajstić information content (AvgIpc) is 3.40. The summed E-state index contributed by atoms with van der Waals surface area (Å²) in [6, 6.07) is 28.4. The minimum atomic E-state index is -3.56. The van der Waals surface area contributed by atoms with Gasteiger partial charge < -0.3 is 18.5 Å². The lowest BCUT2D eigenvalue weighted by atomic mass is 9.92. The quantitative estimate of drug-likeness (QED) is 0.213. The highest BCUT2D eigenvalue weighted by Crippen LogP contribution is 2.47. The van der Waals surface area contributed by atoms with Crippen LogP contribution in [-0.2, 0) is 13.6 Å². The molecule has 0 saturated carbocycles. The molecular weight excluding hydrogens is 485 g/mol. The van der Waals surface area contributed by atoms with E-state index < -0.39 is 7.60 Å². The molecule has 1 aliphatic rings. The fourth-order valence-corrected chi connectivity index (χ4v) is 6.29. The monoisotopic (exact) mass is 511 g/mol. The van der Waals surface area contributed by atoms with Gasteiger partial charge in [0.1, 0.15) is 0 Å². The van der Waals surface area contributed by atoms with Crippen molar-refractivity contribution in [2.75, 3.05) is 20.0 Å². The van der Waals surface area contributed by atoms with Crippen molar-refractivity contribution >= 4 is 34.7 Å². The van der Waals surface area contributed by atoms with Crippen molar-refractivity contribution < 1.29 is 23.1 Å². The van der Waals surface area contributed by atoms with Crippen LogP contribution in [0, 0.1) is 0 Å². The first-order valence-corrected chi connectivity index (χ1v) is 13.9. The Balaban J connectivity index is 1.62. The molecule has 0 unspecified atom stereocenters. The van der Waals surface area contributed by atoms with E-state index in [1.165, 1.54) is 0 Å². The second kappa shape index (κ2) is 9.64. The molecule has 1 aliphatic heterocycles. The van der Waals surface area contributed by atoms with Gasteiger partial charge in [0.2, 0.25) is 6.79 Å². The Bertz CT molecular complexity index is 1670. The molecule has 186 valence electrons. The molecule has 4 aromatic carbocycles. The lowest BCUT2D eigenvalue weighted by Crippen LogP contribution is -2.14. The van der Waals surface area contributed by atoms with Crippen molar-refractivity contribution in [3.63, 3.8) is 0 Å². The van der Waals surface area contributed by atoms with Crippen LogP contribution in [0.1, 0.15) is 13.8 Å². The second-order valence-electron chi connectivity index (χ2n) is 8.69. The summed E-state index contributed by atoms with van der Waals surface area (Å²) in [6.07, 6.45) is 0. The molecule has 0 bridgehead atoms. The van der Waals surface area contributed by atoms with Crippen LogP contribution in [0.2, 0.25) is 0 Å².